The van der Waals surface area contributed by atoms with Crippen molar-refractivity contribution in [3.63, 3.8) is 0 Å². The number of benzene rings is 1. The maximum atomic E-state index is 13.1. The molecule has 0 aromatic heterocycles. The van der Waals surface area contributed by atoms with Gasteiger partial charge in [-0.25, -0.2) is 4.39 Å². The first kappa shape index (κ1) is 10.6. The van der Waals surface area contributed by atoms with Crippen molar-refractivity contribution in [1.29, 1.82) is 0 Å². The third kappa shape index (κ3) is 3.31. The first-order valence-electron chi connectivity index (χ1n) is 5.64. The SMILES string of the molecule is FC1CCCC(OCc2ccccc2)C1. The topological polar surface area (TPSA) is 9.23 Å². The Kier molecular flexibility index (Phi) is 3.73. The summed E-state index contributed by atoms with van der Waals surface area (Å²) in [5.74, 6) is 0. The number of hydrogen-bond acceptors (Lipinski definition) is 1. The van der Waals surface area contributed by atoms with E-state index in [0.29, 0.717) is 19.4 Å². The van der Waals surface area contributed by atoms with Gasteiger partial charge in [0, 0.05) is 6.42 Å². The van der Waals surface area contributed by atoms with Gasteiger partial charge in [0.2, 0.25) is 0 Å². The van der Waals surface area contributed by atoms with Crippen molar-refractivity contribution >= 4 is 0 Å². The quantitative estimate of drug-likeness (QED) is 0.739. The summed E-state index contributed by atoms with van der Waals surface area (Å²) in [7, 11) is 0. The number of alkyl halides is 1. The standard InChI is InChI=1S/C13H17FO/c14-12-7-4-8-13(9-12)15-10-11-5-2-1-3-6-11/h1-3,5-6,12-13H,4,7-10H2. The first-order valence-corrected chi connectivity index (χ1v) is 5.64. The van der Waals surface area contributed by atoms with Gasteiger partial charge >= 0.3 is 0 Å². The molecule has 1 aliphatic carbocycles. The molecule has 0 bridgehead atoms. The van der Waals surface area contributed by atoms with Crippen LogP contribution in [0.4, 0.5) is 4.39 Å². The average molecular weight is 208 g/mol. The maximum absolute atomic E-state index is 13.1. The van der Waals surface area contributed by atoms with E-state index in [1.807, 2.05) is 30.3 Å². The Morgan fingerprint density at radius 3 is 2.73 bits per heavy atom. The van der Waals surface area contributed by atoms with Crippen molar-refractivity contribution < 1.29 is 9.13 Å². The zero-order valence-electron chi connectivity index (χ0n) is 8.86. The third-order valence-electron chi connectivity index (χ3n) is 2.89. The molecule has 0 N–H and O–H groups in total. The second-order valence-corrected chi connectivity index (χ2v) is 4.18. The Balaban J connectivity index is 1.78. The summed E-state index contributed by atoms with van der Waals surface area (Å²) in [6.07, 6.45) is 2.72. The van der Waals surface area contributed by atoms with Crippen LogP contribution in [0.5, 0.6) is 0 Å². The summed E-state index contributed by atoms with van der Waals surface area (Å²) in [4.78, 5) is 0. The molecule has 1 nitrogen and oxygen atoms in total. The van der Waals surface area contributed by atoms with Gasteiger partial charge in [-0.15, -0.1) is 0 Å². The van der Waals surface area contributed by atoms with Crippen molar-refractivity contribution in [2.45, 2.75) is 44.6 Å². The smallest absolute Gasteiger partial charge is 0.103 e. The molecule has 0 heterocycles. The molecule has 2 unspecified atom stereocenters. The lowest BCUT2D eigenvalue weighted by Gasteiger charge is -2.24. The van der Waals surface area contributed by atoms with Crippen LogP contribution in [0.1, 0.15) is 31.2 Å². The van der Waals surface area contributed by atoms with Crippen LogP contribution < -0.4 is 0 Å². The number of halogens is 1. The molecule has 1 aromatic carbocycles. The third-order valence-corrected chi connectivity index (χ3v) is 2.89. The van der Waals surface area contributed by atoms with Crippen LogP contribution in [0, 0.1) is 0 Å². The van der Waals surface area contributed by atoms with E-state index in [2.05, 4.69) is 0 Å². The van der Waals surface area contributed by atoms with Crippen molar-refractivity contribution in [2.24, 2.45) is 0 Å². The zero-order valence-corrected chi connectivity index (χ0v) is 8.86. The predicted octanol–water partition coefficient (Wildman–Crippen LogP) is 3.48. The Labute approximate surface area is 90.3 Å². The largest absolute Gasteiger partial charge is 0.373 e. The Hall–Kier alpha value is -0.890. The summed E-state index contributed by atoms with van der Waals surface area (Å²) in [6, 6.07) is 10.1. The molecular weight excluding hydrogens is 191 g/mol. The van der Waals surface area contributed by atoms with Gasteiger partial charge in [0.1, 0.15) is 6.17 Å². The van der Waals surface area contributed by atoms with Crippen molar-refractivity contribution in [2.75, 3.05) is 0 Å². The molecule has 0 aliphatic heterocycles. The first-order chi connectivity index (χ1) is 7.34. The Morgan fingerprint density at radius 2 is 2.00 bits per heavy atom. The molecule has 82 valence electrons. The Morgan fingerprint density at radius 1 is 1.20 bits per heavy atom. The lowest BCUT2D eigenvalue weighted by molar-refractivity contribution is -0.00382. The lowest BCUT2D eigenvalue weighted by atomic mass is 9.96. The molecule has 0 spiro atoms. The van der Waals surface area contributed by atoms with Gasteiger partial charge in [0.15, 0.2) is 0 Å². The number of ether oxygens (including phenoxy) is 1. The molecule has 15 heavy (non-hydrogen) atoms. The summed E-state index contributed by atoms with van der Waals surface area (Å²) in [6.45, 7) is 0.609. The molecule has 1 aromatic rings. The molecular formula is C13H17FO. The van der Waals surface area contributed by atoms with Crippen LogP contribution in [0.3, 0.4) is 0 Å². The van der Waals surface area contributed by atoms with E-state index in [4.69, 9.17) is 4.74 Å². The van der Waals surface area contributed by atoms with Crippen molar-refractivity contribution in [3.05, 3.63) is 35.9 Å². The molecule has 0 amide bonds. The van der Waals surface area contributed by atoms with E-state index in [-0.39, 0.29) is 6.10 Å². The molecule has 0 radical (unpaired) electrons. The number of rotatable bonds is 3. The van der Waals surface area contributed by atoms with Gasteiger partial charge in [-0.2, -0.15) is 0 Å². The highest BCUT2D eigenvalue weighted by Gasteiger charge is 2.21. The minimum Gasteiger partial charge on any atom is -0.373 e. The van der Waals surface area contributed by atoms with Gasteiger partial charge in [-0.05, 0) is 24.8 Å². The van der Waals surface area contributed by atoms with Crippen LogP contribution in [-0.2, 0) is 11.3 Å². The fourth-order valence-electron chi connectivity index (χ4n) is 2.03. The molecule has 2 heteroatoms. The molecule has 1 saturated carbocycles. The summed E-state index contributed by atoms with van der Waals surface area (Å²) in [5.41, 5.74) is 1.17. The van der Waals surface area contributed by atoms with Crippen molar-refractivity contribution in [1.82, 2.24) is 0 Å². The van der Waals surface area contributed by atoms with Gasteiger partial charge in [-0.3, -0.25) is 0 Å². The van der Waals surface area contributed by atoms with Crippen LogP contribution in [-0.4, -0.2) is 12.3 Å². The minimum atomic E-state index is -0.653. The summed E-state index contributed by atoms with van der Waals surface area (Å²) < 4.78 is 18.8. The molecule has 0 saturated heterocycles. The highest BCUT2D eigenvalue weighted by atomic mass is 19.1. The fraction of sp³-hybridized carbons (Fsp3) is 0.538. The van der Waals surface area contributed by atoms with Crippen LogP contribution in [0.2, 0.25) is 0 Å². The van der Waals surface area contributed by atoms with E-state index in [1.54, 1.807) is 0 Å². The maximum Gasteiger partial charge on any atom is 0.103 e. The van der Waals surface area contributed by atoms with Crippen molar-refractivity contribution in [3.8, 4) is 0 Å². The van der Waals surface area contributed by atoms with Crippen LogP contribution in [0.25, 0.3) is 0 Å². The minimum absolute atomic E-state index is 0.119. The second kappa shape index (κ2) is 5.26. The van der Waals surface area contributed by atoms with E-state index in [0.717, 1.165) is 12.8 Å². The highest BCUT2D eigenvalue weighted by molar-refractivity contribution is 5.13. The predicted molar refractivity (Wildman–Crippen MR) is 58.4 cm³/mol. The van der Waals surface area contributed by atoms with Crippen LogP contribution >= 0.6 is 0 Å². The lowest BCUT2D eigenvalue weighted by Crippen LogP contribution is -2.23. The van der Waals surface area contributed by atoms with Gasteiger partial charge in [0.05, 0.1) is 12.7 Å². The van der Waals surface area contributed by atoms with Gasteiger partial charge in [0.25, 0.3) is 0 Å². The number of hydrogen-bond donors (Lipinski definition) is 0. The molecule has 1 aliphatic rings. The van der Waals surface area contributed by atoms with Gasteiger partial charge < -0.3 is 4.74 Å². The van der Waals surface area contributed by atoms with Gasteiger partial charge in [-0.1, -0.05) is 30.3 Å². The molecule has 1 fully saturated rings. The second-order valence-electron chi connectivity index (χ2n) is 4.18. The Bertz CT molecular complexity index is 286. The zero-order chi connectivity index (χ0) is 10.5. The fourth-order valence-corrected chi connectivity index (χ4v) is 2.03. The van der Waals surface area contributed by atoms with E-state index in [1.165, 1.54) is 5.56 Å². The van der Waals surface area contributed by atoms with E-state index in [9.17, 15) is 4.39 Å². The molecule has 2 rings (SSSR count). The summed E-state index contributed by atoms with van der Waals surface area (Å²) in [5, 5.41) is 0. The summed E-state index contributed by atoms with van der Waals surface area (Å²) >= 11 is 0. The highest BCUT2D eigenvalue weighted by Crippen LogP contribution is 2.24. The van der Waals surface area contributed by atoms with E-state index < -0.39 is 6.17 Å². The molecule has 2 atom stereocenters. The normalized spacial score (nSPS) is 26.5. The monoisotopic (exact) mass is 208 g/mol. The van der Waals surface area contributed by atoms with E-state index >= 15 is 0 Å². The van der Waals surface area contributed by atoms with Crippen LogP contribution in [0.15, 0.2) is 30.3 Å². The average Bonchev–Trinajstić information content (AvgIpc) is 2.28.